The summed E-state index contributed by atoms with van der Waals surface area (Å²) in [5.74, 6) is 0. The van der Waals surface area contributed by atoms with Crippen molar-refractivity contribution in [3.8, 4) is 0 Å². The molecule has 0 saturated carbocycles. The van der Waals surface area contributed by atoms with Crippen LogP contribution >= 0.6 is 0 Å². The SMILES string of the molecule is CC(C)(C)[CH2][Hg].C[Si](C)C. The Kier molecular flexibility index (Phi) is 9.38. The molecular weight excluding hydrogens is 325 g/mol. The normalized spacial score (nSPS) is 10.9. The van der Waals surface area contributed by atoms with E-state index in [1.54, 1.807) is 0 Å². The summed E-state index contributed by atoms with van der Waals surface area (Å²) in [7, 11) is 0.120. The maximum atomic E-state index is 2.29. The van der Waals surface area contributed by atoms with E-state index in [9.17, 15) is 0 Å². The zero-order valence-corrected chi connectivity index (χ0v) is 14.9. The average Bonchev–Trinajstić information content (AvgIpc) is 1.63. The minimum absolute atomic E-state index is 0.120. The van der Waals surface area contributed by atoms with Gasteiger partial charge in [-0.2, -0.15) is 0 Å². The summed E-state index contributed by atoms with van der Waals surface area (Å²) in [5, 5.41) is 0. The van der Waals surface area contributed by atoms with E-state index in [2.05, 4.69) is 40.4 Å². The molecule has 0 aliphatic rings. The first-order chi connectivity index (χ1) is 4.29. The van der Waals surface area contributed by atoms with Crippen LogP contribution in [0.1, 0.15) is 20.8 Å². The minimum atomic E-state index is 0.120. The molecule has 0 aromatic rings. The van der Waals surface area contributed by atoms with E-state index < -0.39 is 0 Å². The van der Waals surface area contributed by atoms with Gasteiger partial charge in [-0.05, 0) is 0 Å². The number of hydrogen-bond donors (Lipinski definition) is 0. The van der Waals surface area contributed by atoms with Crippen LogP contribution in [0.25, 0.3) is 0 Å². The van der Waals surface area contributed by atoms with Gasteiger partial charge in [-0.3, -0.25) is 0 Å². The Morgan fingerprint density at radius 3 is 1.20 bits per heavy atom. The van der Waals surface area contributed by atoms with Crippen molar-refractivity contribution in [1.29, 1.82) is 0 Å². The van der Waals surface area contributed by atoms with Gasteiger partial charge in [-0.15, -0.1) is 0 Å². The van der Waals surface area contributed by atoms with Crippen molar-refractivity contribution < 1.29 is 26.1 Å². The first-order valence-electron chi connectivity index (χ1n) is 3.85. The van der Waals surface area contributed by atoms with Crippen molar-refractivity contribution in [1.82, 2.24) is 0 Å². The minimum Gasteiger partial charge on any atom is -0.0715 e. The van der Waals surface area contributed by atoms with Crippen molar-refractivity contribution in [2.24, 2.45) is 5.41 Å². The van der Waals surface area contributed by atoms with E-state index in [-0.39, 0.29) is 8.80 Å². The van der Waals surface area contributed by atoms with Crippen molar-refractivity contribution in [3.05, 3.63) is 0 Å². The second-order valence-electron chi connectivity index (χ2n) is 4.31. The average molecular weight is 345 g/mol. The smallest absolute Gasteiger partial charge is 0.0379 e. The predicted octanol–water partition coefficient (Wildman–Crippen LogP) is 3.37. The Morgan fingerprint density at radius 2 is 1.20 bits per heavy atom. The van der Waals surface area contributed by atoms with Gasteiger partial charge in [0.2, 0.25) is 0 Å². The third kappa shape index (κ3) is 35.3. The summed E-state index contributed by atoms with van der Waals surface area (Å²) in [5.41, 5.74) is 0.628. The van der Waals surface area contributed by atoms with Crippen molar-refractivity contribution >= 4 is 8.80 Å². The van der Waals surface area contributed by atoms with E-state index in [0.717, 1.165) is 26.1 Å². The topological polar surface area (TPSA) is 0 Å². The van der Waals surface area contributed by atoms with Crippen molar-refractivity contribution in [2.75, 3.05) is 0 Å². The standard InChI is InChI=1S/C5H11.C3H9Si.Hg/c1-5(2,3)4;1-4(2)3;/h1H2,2-4H3;1-3H3;. The molecule has 0 saturated heterocycles. The third-order valence-corrected chi connectivity index (χ3v) is 6.58. The molecule has 0 aromatic carbocycles. The van der Waals surface area contributed by atoms with Gasteiger partial charge in [0.15, 0.2) is 0 Å². The van der Waals surface area contributed by atoms with E-state index >= 15 is 0 Å². The molecule has 2 heteroatoms. The quantitative estimate of drug-likeness (QED) is 0.591. The zero-order chi connectivity index (χ0) is 8.78. The second kappa shape index (κ2) is 6.84. The second-order valence-corrected chi connectivity index (χ2v) is 9.25. The molecule has 0 unspecified atom stereocenters. The fourth-order valence-corrected chi connectivity index (χ4v) is 0. The fourth-order valence-electron chi connectivity index (χ4n) is 0. The summed E-state index contributed by atoms with van der Waals surface area (Å²) in [4.78, 5) is 0. The maximum absolute atomic E-state index is 2.29. The van der Waals surface area contributed by atoms with Crippen molar-refractivity contribution in [3.63, 3.8) is 0 Å². The molecule has 0 rings (SSSR count). The first-order valence-corrected chi connectivity index (χ1v) is 10.7. The van der Waals surface area contributed by atoms with E-state index in [0.29, 0.717) is 5.41 Å². The molecule has 0 bridgehead atoms. The molecule has 58 valence electrons. The van der Waals surface area contributed by atoms with E-state index in [1.165, 1.54) is 3.93 Å². The largest absolute Gasteiger partial charge is 0.0715 e. The van der Waals surface area contributed by atoms with E-state index in [1.807, 2.05) is 0 Å². The van der Waals surface area contributed by atoms with Crippen LogP contribution in [0.5, 0.6) is 0 Å². The summed E-state index contributed by atoms with van der Waals surface area (Å²) in [6.07, 6.45) is 0. The molecule has 0 aliphatic carbocycles. The van der Waals surface area contributed by atoms with Gasteiger partial charge in [0.05, 0.1) is 0 Å². The van der Waals surface area contributed by atoms with Gasteiger partial charge in [0.1, 0.15) is 0 Å². The Hall–Kier alpha value is 1.15. The maximum Gasteiger partial charge on any atom is 0.0379 e. The molecule has 0 aliphatic heterocycles. The molecule has 1 radical (unpaired) electrons. The predicted molar refractivity (Wildman–Crippen MR) is 47.6 cm³/mol. The fraction of sp³-hybridized carbons (Fsp3) is 1.00. The molecule has 0 N–H and O–H groups in total. The van der Waals surface area contributed by atoms with Crippen LogP contribution in [0.3, 0.4) is 0 Å². The molecule has 0 heterocycles. The Morgan fingerprint density at radius 1 is 1.10 bits per heavy atom. The van der Waals surface area contributed by atoms with E-state index in [4.69, 9.17) is 0 Å². The molecule has 0 aromatic heterocycles. The van der Waals surface area contributed by atoms with Gasteiger partial charge in [0.25, 0.3) is 0 Å². The number of hydrogen-bond acceptors (Lipinski definition) is 0. The summed E-state index contributed by atoms with van der Waals surface area (Å²) in [6, 6.07) is 0. The van der Waals surface area contributed by atoms with Gasteiger partial charge < -0.3 is 0 Å². The third-order valence-electron chi connectivity index (χ3n) is 0.750. The summed E-state index contributed by atoms with van der Waals surface area (Å²) < 4.78 is 1.47. The van der Waals surface area contributed by atoms with Gasteiger partial charge in [-0.1, -0.05) is 19.6 Å². The van der Waals surface area contributed by atoms with Crippen molar-refractivity contribution in [2.45, 2.75) is 44.3 Å². The van der Waals surface area contributed by atoms with Crippen LogP contribution < -0.4 is 0 Å². The van der Waals surface area contributed by atoms with Gasteiger partial charge >= 0.3 is 56.2 Å². The molecule has 0 amide bonds. The van der Waals surface area contributed by atoms with Gasteiger partial charge in [0, 0.05) is 8.80 Å². The van der Waals surface area contributed by atoms with Crippen LogP contribution in [-0.2, 0) is 26.1 Å². The molecule has 0 spiro atoms. The van der Waals surface area contributed by atoms with Crippen LogP contribution in [-0.4, -0.2) is 8.80 Å². The molecule has 0 nitrogen and oxygen atoms in total. The summed E-state index contributed by atoms with van der Waals surface area (Å²) >= 11 is 1.00. The molecular formula is C8H20HgSi. The molecule has 0 fully saturated rings. The zero-order valence-electron chi connectivity index (χ0n) is 8.41. The molecule has 0 atom stereocenters. The van der Waals surface area contributed by atoms with Crippen LogP contribution in [0.2, 0.25) is 23.6 Å². The Bertz CT molecular complexity index is 61.4. The monoisotopic (exact) mass is 346 g/mol. The van der Waals surface area contributed by atoms with Crippen LogP contribution in [0.15, 0.2) is 0 Å². The number of rotatable bonds is 0. The van der Waals surface area contributed by atoms with Crippen LogP contribution in [0.4, 0.5) is 0 Å². The Labute approximate surface area is 84.4 Å². The first kappa shape index (κ1) is 13.7. The van der Waals surface area contributed by atoms with Gasteiger partial charge in [-0.25, -0.2) is 0 Å². The summed E-state index contributed by atoms with van der Waals surface area (Å²) in [6.45, 7) is 13.7. The Balaban J connectivity index is 0. The van der Waals surface area contributed by atoms with Crippen LogP contribution in [0, 0.1) is 5.41 Å². The molecule has 10 heavy (non-hydrogen) atoms.